The van der Waals surface area contributed by atoms with Crippen LogP contribution in [0.3, 0.4) is 0 Å². The van der Waals surface area contributed by atoms with Gasteiger partial charge in [0.2, 0.25) is 0 Å². The van der Waals surface area contributed by atoms with Gasteiger partial charge in [0.1, 0.15) is 0 Å². The van der Waals surface area contributed by atoms with Crippen LogP contribution in [0.25, 0.3) is 11.1 Å². The molecular formula is C24H24N2O2. The van der Waals surface area contributed by atoms with Crippen LogP contribution in [-0.4, -0.2) is 18.7 Å². The van der Waals surface area contributed by atoms with Gasteiger partial charge in [-0.05, 0) is 28.7 Å². The molecule has 0 aromatic heterocycles. The number of nitrogens with one attached hydrogen (secondary N) is 1. The maximum absolute atomic E-state index is 12.2. The van der Waals surface area contributed by atoms with Gasteiger partial charge in [-0.3, -0.25) is 4.79 Å². The van der Waals surface area contributed by atoms with Crippen molar-refractivity contribution in [2.24, 2.45) is 5.16 Å². The molecule has 0 aliphatic carbocycles. The summed E-state index contributed by atoms with van der Waals surface area (Å²) in [6.45, 7) is 4.16. The molecule has 28 heavy (non-hydrogen) atoms. The SMILES string of the molecule is CC(C)c1ccc(/C=N\OCC(=O)Nc2ccccc2-c2ccccc2)cc1. The lowest BCUT2D eigenvalue weighted by Gasteiger charge is -2.10. The number of anilines is 1. The zero-order valence-corrected chi connectivity index (χ0v) is 16.1. The third-order valence-corrected chi connectivity index (χ3v) is 4.36. The van der Waals surface area contributed by atoms with Gasteiger partial charge in [-0.2, -0.15) is 0 Å². The van der Waals surface area contributed by atoms with Crippen LogP contribution in [0.5, 0.6) is 0 Å². The van der Waals surface area contributed by atoms with E-state index in [2.05, 4.69) is 36.5 Å². The molecule has 3 aromatic carbocycles. The normalized spacial score (nSPS) is 11.0. The van der Waals surface area contributed by atoms with E-state index >= 15 is 0 Å². The number of rotatable bonds is 7. The Morgan fingerprint density at radius 1 is 0.964 bits per heavy atom. The average molecular weight is 372 g/mol. The van der Waals surface area contributed by atoms with E-state index in [1.54, 1.807) is 6.21 Å². The molecule has 0 spiro atoms. The van der Waals surface area contributed by atoms with Crippen LogP contribution in [0.4, 0.5) is 5.69 Å². The van der Waals surface area contributed by atoms with Crippen LogP contribution in [-0.2, 0) is 9.63 Å². The summed E-state index contributed by atoms with van der Waals surface area (Å²) in [6, 6.07) is 25.7. The number of carbonyl (C=O) groups excluding carboxylic acids is 1. The van der Waals surface area contributed by atoms with Gasteiger partial charge < -0.3 is 10.2 Å². The van der Waals surface area contributed by atoms with Crippen LogP contribution in [0, 0.1) is 0 Å². The van der Waals surface area contributed by atoms with Crippen LogP contribution >= 0.6 is 0 Å². The fraction of sp³-hybridized carbons (Fsp3) is 0.167. The molecule has 142 valence electrons. The molecule has 0 saturated heterocycles. The second kappa shape index (κ2) is 9.51. The highest BCUT2D eigenvalue weighted by Crippen LogP contribution is 2.27. The van der Waals surface area contributed by atoms with Gasteiger partial charge in [-0.1, -0.05) is 91.8 Å². The summed E-state index contributed by atoms with van der Waals surface area (Å²) in [7, 11) is 0. The van der Waals surface area contributed by atoms with Crippen LogP contribution in [0.2, 0.25) is 0 Å². The first-order valence-corrected chi connectivity index (χ1v) is 9.33. The second-order valence-electron chi connectivity index (χ2n) is 6.79. The van der Waals surface area contributed by atoms with Crippen molar-refractivity contribution < 1.29 is 9.63 Å². The highest BCUT2D eigenvalue weighted by Gasteiger charge is 2.08. The lowest BCUT2D eigenvalue weighted by Crippen LogP contribution is -2.17. The Morgan fingerprint density at radius 3 is 2.36 bits per heavy atom. The van der Waals surface area contributed by atoms with E-state index in [9.17, 15) is 4.79 Å². The van der Waals surface area contributed by atoms with Crippen LogP contribution < -0.4 is 5.32 Å². The summed E-state index contributed by atoms with van der Waals surface area (Å²) in [5.41, 5.74) is 4.96. The van der Waals surface area contributed by atoms with Crippen LogP contribution in [0.15, 0.2) is 84.0 Å². The number of para-hydroxylation sites is 1. The largest absolute Gasteiger partial charge is 0.386 e. The molecule has 0 saturated carbocycles. The molecular weight excluding hydrogens is 348 g/mol. The molecule has 1 N–H and O–H groups in total. The molecule has 0 radical (unpaired) electrons. The van der Waals surface area contributed by atoms with Crippen molar-refractivity contribution in [1.29, 1.82) is 0 Å². The predicted octanol–water partition coefficient (Wildman–Crippen LogP) is 5.47. The minimum Gasteiger partial charge on any atom is -0.386 e. The van der Waals surface area contributed by atoms with Crippen molar-refractivity contribution in [2.75, 3.05) is 11.9 Å². The van der Waals surface area contributed by atoms with Crippen LogP contribution in [0.1, 0.15) is 30.9 Å². The first-order valence-electron chi connectivity index (χ1n) is 9.33. The van der Waals surface area contributed by atoms with E-state index in [-0.39, 0.29) is 12.5 Å². The smallest absolute Gasteiger partial charge is 0.265 e. The molecule has 0 aliphatic rings. The van der Waals surface area contributed by atoms with E-state index in [1.165, 1.54) is 5.56 Å². The summed E-state index contributed by atoms with van der Waals surface area (Å²) >= 11 is 0. The third-order valence-electron chi connectivity index (χ3n) is 4.36. The molecule has 1 amide bonds. The third kappa shape index (κ3) is 5.30. The van der Waals surface area contributed by atoms with Crippen molar-refractivity contribution in [3.05, 3.63) is 90.0 Å². The first kappa shape index (κ1) is 19.4. The fourth-order valence-electron chi connectivity index (χ4n) is 2.81. The molecule has 4 nitrogen and oxygen atoms in total. The molecule has 0 atom stereocenters. The monoisotopic (exact) mass is 372 g/mol. The number of benzene rings is 3. The standard InChI is InChI=1S/C24H24N2O2/c1-18(2)20-14-12-19(13-15-20)16-25-28-17-24(27)26-23-11-7-6-10-22(23)21-8-4-3-5-9-21/h3-16,18H,17H2,1-2H3,(H,26,27)/b25-16-. The molecule has 0 fully saturated rings. The number of hydrogen-bond acceptors (Lipinski definition) is 3. The Morgan fingerprint density at radius 2 is 1.64 bits per heavy atom. The fourth-order valence-corrected chi connectivity index (χ4v) is 2.81. The average Bonchev–Trinajstić information content (AvgIpc) is 2.72. The van der Waals surface area contributed by atoms with Gasteiger partial charge >= 0.3 is 0 Å². The minimum atomic E-state index is -0.254. The molecule has 0 aliphatic heterocycles. The summed E-state index contributed by atoms with van der Waals surface area (Å²) < 4.78 is 0. The predicted molar refractivity (Wildman–Crippen MR) is 115 cm³/mol. The lowest BCUT2D eigenvalue weighted by atomic mass is 10.0. The second-order valence-corrected chi connectivity index (χ2v) is 6.79. The molecule has 3 aromatic rings. The summed E-state index contributed by atoms with van der Waals surface area (Å²) in [5.74, 6) is 0.236. The first-order chi connectivity index (χ1) is 13.6. The molecule has 3 rings (SSSR count). The number of nitrogens with zero attached hydrogens (tertiary/aromatic N) is 1. The number of hydrogen-bond donors (Lipinski definition) is 1. The van der Waals surface area contributed by atoms with E-state index < -0.39 is 0 Å². The number of carbonyl (C=O) groups is 1. The van der Waals surface area contributed by atoms with Gasteiger partial charge in [-0.15, -0.1) is 0 Å². The van der Waals surface area contributed by atoms with Crippen molar-refractivity contribution in [3.8, 4) is 11.1 Å². The van der Waals surface area contributed by atoms with Gasteiger partial charge in [-0.25, -0.2) is 0 Å². The maximum atomic E-state index is 12.2. The summed E-state index contributed by atoms with van der Waals surface area (Å²) in [6.07, 6.45) is 1.61. The highest BCUT2D eigenvalue weighted by molar-refractivity contribution is 5.96. The van der Waals surface area contributed by atoms with E-state index in [0.29, 0.717) is 5.92 Å². The van der Waals surface area contributed by atoms with Crippen molar-refractivity contribution in [3.63, 3.8) is 0 Å². The quantitative estimate of drug-likeness (QED) is 0.442. The Labute approximate surface area is 165 Å². The number of amides is 1. The molecule has 0 heterocycles. The van der Waals surface area contributed by atoms with E-state index in [0.717, 1.165) is 22.4 Å². The topological polar surface area (TPSA) is 50.7 Å². The van der Waals surface area contributed by atoms with E-state index in [4.69, 9.17) is 4.84 Å². The maximum Gasteiger partial charge on any atom is 0.265 e. The summed E-state index contributed by atoms with van der Waals surface area (Å²) in [5, 5.41) is 6.78. The zero-order chi connectivity index (χ0) is 19.8. The van der Waals surface area contributed by atoms with Gasteiger partial charge in [0.15, 0.2) is 6.61 Å². The Bertz CT molecular complexity index is 932. The van der Waals surface area contributed by atoms with Gasteiger partial charge in [0.25, 0.3) is 5.91 Å². The van der Waals surface area contributed by atoms with Gasteiger partial charge in [0, 0.05) is 11.3 Å². The highest BCUT2D eigenvalue weighted by atomic mass is 16.6. The van der Waals surface area contributed by atoms with Crippen molar-refractivity contribution in [2.45, 2.75) is 19.8 Å². The zero-order valence-electron chi connectivity index (χ0n) is 16.1. The van der Waals surface area contributed by atoms with Gasteiger partial charge in [0.05, 0.1) is 6.21 Å². The Kier molecular flexibility index (Phi) is 6.58. The van der Waals surface area contributed by atoms with E-state index in [1.807, 2.05) is 66.7 Å². The molecule has 0 unspecified atom stereocenters. The lowest BCUT2D eigenvalue weighted by molar-refractivity contribution is -0.120. The Balaban J connectivity index is 1.55. The van der Waals surface area contributed by atoms with Crippen molar-refractivity contribution >= 4 is 17.8 Å². The van der Waals surface area contributed by atoms with Crippen molar-refractivity contribution in [1.82, 2.24) is 0 Å². The minimum absolute atomic E-state index is 0.149. The Hall–Kier alpha value is -3.40. The summed E-state index contributed by atoms with van der Waals surface area (Å²) in [4.78, 5) is 17.4. The molecule has 4 heteroatoms. The molecule has 0 bridgehead atoms. The number of oxime groups is 1.